The number of nitrogens with one attached hydrogen (secondary N) is 2. The summed E-state index contributed by atoms with van der Waals surface area (Å²) in [5, 5.41) is 3.57. The van der Waals surface area contributed by atoms with Gasteiger partial charge in [-0.1, -0.05) is 0 Å². The number of H-pyrrole nitrogens is 1. The summed E-state index contributed by atoms with van der Waals surface area (Å²) in [6.45, 7) is 5.31. The SMILES string of the molecule is Cc1cc(F)cc(C)c1Oc1cn(C)c(=O)cc1-c1cn(C)c(=O)c2[nH]c(C(=O)NC3CCN(C)CC3)cc12. The summed E-state index contributed by atoms with van der Waals surface area (Å²) in [6, 6.07) is 5.91. The van der Waals surface area contributed by atoms with Crippen LogP contribution in [0.5, 0.6) is 11.5 Å². The molecule has 3 aromatic heterocycles. The van der Waals surface area contributed by atoms with Gasteiger partial charge in [-0.3, -0.25) is 14.4 Å². The van der Waals surface area contributed by atoms with Crippen molar-refractivity contribution in [3.63, 3.8) is 0 Å². The lowest BCUT2D eigenvalue weighted by atomic mass is 10.0. The van der Waals surface area contributed by atoms with E-state index in [4.69, 9.17) is 4.74 Å². The first-order valence-corrected chi connectivity index (χ1v) is 12.9. The van der Waals surface area contributed by atoms with E-state index in [0.717, 1.165) is 25.9 Å². The van der Waals surface area contributed by atoms with Gasteiger partial charge in [0.1, 0.15) is 22.8 Å². The molecule has 1 aromatic carbocycles. The molecule has 9 nitrogen and oxygen atoms in total. The Morgan fingerprint density at radius 3 is 2.31 bits per heavy atom. The minimum Gasteiger partial charge on any atom is -0.455 e. The fourth-order valence-corrected chi connectivity index (χ4v) is 5.15. The van der Waals surface area contributed by atoms with Crippen LogP contribution >= 0.6 is 0 Å². The summed E-state index contributed by atoms with van der Waals surface area (Å²) in [7, 11) is 5.28. The lowest BCUT2D eigenvalue weighted by Crippen LogP contribution is -2.43. The molecule has 0 spiro atoms. The minimum atomic E-state index is -0.365. The number of benzene rings is 1. The molecule has 1 saturated heterocycles. The standard InChI is InChI=1S/C29H32FN5O4/c1-16-10-18(30)11-17(2)27(16)39-24-15-34(4)25(36)13-20(24)22-14-35(5)29(38)26-21(22)12-23(32-26)28(37)31-19-6-8-33(3)9-7-19/h10-15,19,32H,6-9H2,1-5H3,(H,31,37). The largest absolute Gasteiger partial charge is 0.455 e. The molecular formula is C29H32FN5O4. The van der Waals surface area contributed by atoms with Crippen LogP contribution in [0.25, 0.3) is 22.0 Å². The van der Waals surface area contributed by atoms with Crippen LogP contribution in [0.4, 0.5) is 4.39 Å². The van der Waals surface area contributed by atoms with Gasteiger partial charge in [-0.25, -0.2) is 4.39 Å². The Labute approximate surface area is 224 Å². The van der Waals surface area contributed by atoms with Gasteiger partial charge in [-0.15, -0.1) is 0 Å². The number of carbonyl (C=O) groups excluding carboxylic acids is 1. The molecule has 0 saturated carbocycles. The van der Waals surface area contributed by atoms with E-state index in [9.17, 15) is 18.8 Å². The van der Waals surface area contributed by atoms with Gasteiger partial charge in [0.2, 0.25) is 0 Å². The third-order valence-corrected chi connectivity index (χ3v) is 7.38. The molecule has 0 atom stereocenters. The number of fused-ring (bicyclic) bond motifs is 1. The van der Waals surface area contributed by atoms with E-state index < -0.39 is 0 Å². The number of piperidine rings is 1. The number of nitrogens with zero attached hydrogens (tertiary/aromatic N) is 3. The number of ether oxygens (including phenoxy) is 1. The number of amides is 1. The van der Waals surface area contributed by atoms with E-state index in [-0.39, 0.29) is 40.1 Å². The summed E-state index contributed by atoms with van der Waals surface area (Å²) in [6.07, 6.45) is 4.90. The van der Waals surface area contributed by atoms with Gasteiger partial charge in [-0.05, 0) is 76.2 Å². The average Bonchev–Trinajstić information content (AvgIpc) is 3.33. The van der Waals surface area contributed by atoms with Crippen molar-refractivity contribution in [1.82, 2.24) is 24.3 Å². The molecule has 4 heterocycles. The number of aromatic nitrogens is 3. The highest BCUT2D eigenvalue weighted by atomic mass is 19.1. The molecular weight excluding hydrogens is 501 g/mol. The van der Waals surface area contributed by atoms with Crippen LogP contribution < -0.4 is 21.2 Å². The maximum atomic E-state index is 13.9. The molecule has 10 heteroatoms. The lowest BCUT2D eigenvalue weighted by molar-refractivity contribution is 0.0912. The highest BCUT2D eigenvalue weighted by molar-refractivity contribution is 6.03. The first kappa shape index (κ1) is 26.4. The predicted molar refractivity (Wildman–Crippen MR) is 148 cm³/mol. The summed E-state index contributed by atoms with van der Waals surface area (Å²) in [5.41, 5.74) is 2.15. The van der Waals surface area contributed by atoms with Gasteiger partial charge in [0, 0.05) is 48.9 Å². The monoisotopic (exact) mass is 533 g/mol. The Kier molecular flexibility index (Phi) is 6.90. The summed E-state index contributed by atoms with van der Waals surface area (Å²) < 4.78 is 23.0. The van der Waals surface area contributed by atoms with Gasteiger partial charge >= 0.3 is 0 Å². The number of hydrogen-bond donors (Lipinski definition) is 2. The zero-order valence-corrected chi connectivity index (χ0v) is 22.7. The third kappa shape index (κ3) is 5.12. The van der Waals surface area contributed by atoms with E-state index in [1.165, 1.54) is 27.3 Å². The van der Waals surface area contributed by atoms with Gasteiger partial charge < -0.3 is 29.1 Å². The van der Waals surface area contributed by atoms with Crippen LogP contribution in [-0.2, 0) is 14.1 Å². The van der Waals surface area contributed by atoms with E-state index in [2.05, 4.69) is 22.2 Å². The van der Waals surface area contributed by atoms with Crippen LogP contribution in [0.3, 0.4) is 0 Å². The van der Waals surface area contributed by atoms with Crippen LogP contribution in [0.2, 0.25) is 0 Å². The van der Waals surface area contributed by atoms with Crippen molar-refractivity contribution in [2.45, 2.75) is 32.7 Å². The van der Waals surface area contributed by atoms with Crippen molar-refractivity contribution in [2.75, 3.05) is 20.1 Å². The summed E-state index contributed by atoms with van der Waals surface area (Å²) in [4.78, 5) is 44.2. The zero-order chi connectivity index (χ0) is 28.0. The van der Waals surface area contributed by atoms with Crippen LogP contribution in [0.15, 0.2) is 46.2 Å². The molecule has 1 aliphatic rings. The van der Waals surface area contributed by atoms with E-state index >= 15 is 0 Å². The van der Waals surface area contributed by atoms with Crippen molar-refractivity contribution in [2.24, 2.45) is 14.1 Å². The maximum absolute atomic E-state index is 13.9. The maximum Gasteiger partial charge on any atom is 0.274 e. The second kappa shape index (κ2) is 10.2. The number of aryl methyl sites for hydroxylation is 4. The number of hydrogen-bond acceptors (Lipinski definition) is 5. The van der Waals surface area contributed by atoms with Crippen molar-refractivity contribution in [1.29, 1.82) is 0 Å². The molecule has 1 fully saturated rings. The minimum absolute atomic E-state index is 0.0572. The number of rotatable bonds is 5. The quantitative estimate of drug-likeness (QED) is 0.408. The molecule has 0 aliphatic carbocycles. The third-order valence-electron chi connectivity index (χ3n) is 7.38. The number of halogens is 1. The van der Waals surface area contributed by atoms with Crippen molar-refractivity contribution in [3.05, 3.63) is 80.0 Å². The molecule has 0 bridgehead atoms. The molecule has 4 aromatic rings. The van der Waals surface area contributed by atoms with Gasteiger partial charge in [0.25, 0.3) is 17.0 Å². The molecule has 204 valence electrons. The van der Waals surface area contributed by atoms with Crippen molar-refractivity contribution >= 4 is 16.8 Å². The number of aromatic amines is 1. The van der Waals surface area contributed by atoms with Gasteiger partial charge in [-0.2, -0.15) is 0 Å². The van der Waals surface area contributed by atoms with Crippen molar-refractivity contribution in [3.8, 4) is 22.6 Å². The van der Waals surface area contributed by atoms with E-state index in [1.807, 2.05) is 0 Å². The number of carbonyl (C=O) groups is 1. The highest BCUT2D eigenvalue weighted by Gasteiger charge is 2.23. The average molecular weight is 534 g/mol. The molecule has 2 N–H and O–H groups in total. The molecule has 0 radical (unpaired) electrons. The Morgan fingerprint density at radius 1 is 0.974 bits per heavy atom. The molecule has 5 rings (SSSR count). The molecule has 1 aliphatic heterocycles. The zero-order valence-electron chi connectivity index (χ0n) is 22.7. The van der Waals surface area contributed by atoms with Crippen LogP contribution in [0.1, 0.15) is 34.5 Å². The Bertz CT molecular complexity index is 1690. The predicted octanol–water partition coefficient (Wildman–Crippen LogP) is 3.60. The topological polar surface area (TPSA) is 101 Å². The Balaban J connectivity index is 1.61. The first-order valence-electron chi connectivity index (χ1n) is 12.9. The van der Waals surface area contributed by atoms with E-state index in [0.29, 0.717) is 39.1 Å². The molecule has 39 heavy (non-hydrogen) atoms. The number of pyridine rings is 2. The molecule has 0 unspecified atom stereocenters. The number of likely N-dealkylation sites (tertiary alicyclic amines) is 1. The van der Waals surface area contributed by atoms with Gasteiger partial charge in [0.05, 0.1) is 6.20 Å². The smallest absolute Gasteiger partial charge is 0.274 e. The first-order chi connectivity index (χ1) is 18.5. The van der Waals surface area contributed by atoms with Crippen LogP contribution in [0, 0.1) is 19.7 Å². The Hall–Kier alpha value is -4.18. The summed E-state index contributed by atoms with van der Waals surface area (Å²) >= 11 is 0. The highest BCUT2D eigenvalue weighted by Crippen LogP contribution is 2.38. The van der Waals surface area contributed by atoms with Gasteiger partial charge in [0.15, 0.2) is 5.75 Å². The fraction of sp³-hybridized carbons (Fsp3) is 0.345. The lowest BCUT2D eigenvalue weighted by Gasteiger charge is -2.29. The van der Waals surface area contributed by atoms with E-state index in [1.54, 1.807) is 46.4 Å². The second-order valence-corrected chi connectivity index (χ2v) is 10.5. The Morgan fingerprint density at radius 2 is 1.64 bits per heavy atom. The second-order valence-electron chi connectivity index (χ2n) is 10.5. The summed E-state index contributed by atoms with van der Waals surface area (Å²) in [5.74, 6) is 0.181. The van der Waals surface area contributed by atoms with Crippen LogP contribution in [-0.4, -0.2) is 51.1 Å². The van der Waals surface area contributed by atoms with Crippen molar-refractivity contribution < 1.29 is 13.9 Å². The molecule has 1 amide bonds. The fourth-order valence-electron chi connectivity index (χ4n) is 5.15. The normalized spacial score (nSPS) is 14.6.